The fourth-order valence-electron chi connectivity index (χ4n) is 10.1. The number of amides is 1. The summed E-state index contributed by atoms with van der Waals surface area (Å²) in [5, 5.41) is 68.4. The highest BCUT2D eigenvalue weighted by atomic mass is 16.7. The van der Waals surface area contributed by atoms with Crippen LogP contribution in [0.2, 0.25) is 0 Å². The number of Topliss-reactive ketones (excluding diaryl/α,β-unsaturated/α-hetero) is 1. The van der Waals surface area contributed by atoms with Crippen molar-refractivity contribution in [3.63, 3.8) is 0 Å². The van der Waals surface area contributed by atoms with Gasteiger partial charge in [0.2, 0.25) is 0 Å². The van der Waals surface area contributed by atoms with Gasteiger partial charge in [-0.2, -0.15) is 5.10 Å². The van der Waals surface area contributed by atoms with E-state index in [1.54, 1.807) is 39.8 Å². The number of methoxy groups -OCH3 is 1. The van der Waals surface area contributed by atoms with E-state index in [9.17, 15) is 39.9 Å². The number of nitrogens with zero attached hydrogens (tertiary/aromatic N) is 3. The first kappa shape index (κ1) is 54.4. The van der Waals surface area contributed by atoms with Crippen LogP contribution in [0.15, 0.2) is 65.5 Å². The number of aliphatic hydroxyl groups is 2. The number of rotatable bonds is 6. The molecule has 0 unspecified atom stereocenters. The minimum Gasteiger partial charge on any atom is -0.507 e. The van der Waals surface area contributed by atoms with E-state index in [2.05, 4.69) is 55.3 Å². The van der Waals surface area contributed by atoms with E-state index in [0.29, 0.717) is 13.1 Å². The van der Waals surface area contributed by atoms with E-state index in [-0.39, 0.29) is 62.0 Å². The summed E-state index contributed by atoms with van der Waals surface area (Å²) in [6, 6.07) is 8.43. The Morgan fingerprint density at radius 2 is 1.54 bits per heavy atom. The molecule has 4 aliphatic rings. The van der Waals surface area contributed by atoms with Crippen LogP contribution in [0.3, 0.4) is 0 Å². The molecule has 0 spiro atoms. The van der Waals surface area contributed by atoms with Crippen LogP contribution in [0.4, 0.5) is 5.69 Å². The number of carbonyl (C=O) groups excluding carboxylic acids is 3. The largest absolute Gasteiger partial charge is 0.507 e. The SMILES string of the molecule is CO[C@@H]1C=CO[C@@]2(C)Oc3c(C)c(O)c4c(O)c(c(C=NN5[C@H](C)CN(Cc6ccc(C(C)(C)C)cc6)C[C@@H]5C)c(O)c4c3C2=O)NC(=O)C(C)=CC=C[C@H](C)[C@H](O)[C@H](C)[C@H](O)[C@H](C)[C@@H](OC(C)=O)[C@@H]1C. The van der Waals surface area contributed by atoms with Crippen molar-refractivity contribution < 1.29 is 58.9 Å². The summed E-state index contributed by atoms with van der Waals surface area (Å²) >= 11 is 0. The van der Waals surface area contributed by atoms with Gasteiger partial charge in [0.1, 0.15) is 23.4 Å². The number of aliphatic hydroxyl groups excluding tert-OH is 2. The number of piperazine rings is 1. The topological polar surface area (TPSA) is 220 Å². The number of allylic oxidation sites excluding steroid dienone is 2. The molecule has 0 saturated carbocycles. The smallest absolute Gasteiger partial charge is 0.312 e. The van der Waals surface area contributed by atoms with Crippen molar-refractivity contribution in [3.8, 4) is 23.0 Å². The Balaban J connectivity index is 1.45. The van der Waals surface area contributed by atoms with E-state index in [1.165, 1.54) is 70.6 Å². The van der Waals surface area contributed by atoms with Gasteiger partial charge >= 0.3 is 11.8 Å². The summed E-state index contributed by atoms with van der Waals surface area (Å²) in [7, 11) is 1.44. The fraction of sp³-hybridized carbons (Fsp3) is 0.527. The van der Waals surface area contributed by atoms with Gasteiger partial charge in [0.25, 0.3) is 11.7 Å². The molecule has 5 bridgehead atoms. The maximum Gasteiger partial charge on any atom is 0.312 e. The molecular formula is C55H74N4O12. The highest BCUT2D eigenvalue weighted by Gasteiger charge is 2.50. The average molecular weight is 983 g/mol. The molecule has 3 aromatic carbocycles. The molecular weight excluding hydrogens is 909 g/mol. The molecule has 3 aromatic rings. The van der Waals surface area contributed by atoms with Crippen LogP contribution < -0.4 is 10.1 Å². The molecule has 71 heavy (non-hydrogen) atoms. The molecule has 1 fully saturated rings. The van der Waals surface area contributed by atoms with Crippen LogP contribution in [0.1, 0.15) is 116 Å². The summed E-state index contributed by atoms with van der Waals surface area (Å²) in [5.41, 5.74) is 2.09. The van der Waals surface area contributed by atoms with Gasteiger partial charge in [0.05, 0.1) is 65.1 Å². The first-order chi connectivity index (χ1) is 33.2. The third-order valence-corrected chi connectivity index (χ3v) is 14.5. The number of phenolic OH excluding ortho intramolecular Hbond substituents is 3. The molecule has 0 radical (unpaired) electrons. The fourth-order valence-corrected chi connectivity index (χ4v) is 10.1. The van der Waals surface area contributed by atoms with Crippen molar-refractivity contribution in [2.45, 2.75) is 144 Å². The van der Waals surface area contributed by atoms with Crippen molar-refractivity contribution in [2.75, 3.05) is 25.5 Å². The van der Waals surface area contributed by atoms with Crippen LogP contribution in [0.5, 0.6) is 23.0 Å². The van der Waals surface area contributed by atoms with Gasteiger partial charge in [-0.1, -0.05) is 91.0 Å². The second-order valence-corrected chi connectivity index (χ2v) is 21.1. The molecule has 1 saturated heterocycles. The summed E-state index contributed by atoms with van der Waals surface area (Å²) < 4.78 is 23.9. The molecule has 1 amide bonds. The van der Waals surface area contributed by atoms with E-state index in [0.717, 1.165) is 6.54 Å². The Hall–Kier alpha value is -5.94. The van der Waals surface area contributed by atoms with E-state index >= 15 is 0 Å². The first-order valence-electron chi connectivity index (χ1n) is 24.4. The van der Waals surface area contributed by atoms with Crippen molar-refractivity contribution >= 4 is 40.3 Å². The van der Waals surface area contributed by atoms with Crippen molar-refractivity contribution in [1.82, 2.24) is 9.91 Å². The minimum atomic E-state index is -2.07. The third kappa shape index (κ3) is 11.1. The number of hydrogen-bond acceptors (Lipinski definition) is 15. The number of fused-ring (bicyclic) bond motifs is 14. The number of phenols is 3. The average Bonchev–Trinajstić information content (AvgIpc) is 3.57. The summed E-state index contributed by atoms with van der Waals surface area (Å²) in [6.45, 7) is 25.3. The second kappa shape index (κ2) is 21.4. The van der Waals surface area contributed by atoms with Crippen LogP contribution >= 0.6 is 0 Å². The van der Waals surface area contributed by atoms with Gasteiger partial charge in [-0.15, -0.1) is 0 Å². The Kier molecular flexibility index (Phi) is 16.4. The first-order valence-corrected chi connectivity index (χ1v) is 24.4. The number of benzene rings is 3. The predicted octanol–water partition coefficient (Wildman–Crippen LogP) is 7.98. The molecule has 0 aromatic heterocycles. The van der Waals surface area contributed by atoms with Crippen LogP contribution in [0, 0.1) is 30.6 Å². The lowest BCUT2D eigenvalue weighted by Crippen LogP contribution is -2.54. The quantitative estimate of drug-likeness (QED) is 0.0597. The van der Waals surface area contributed by atoms with E-state index in [1.807, 2.05) is 18.9 Å². The summed E-state index contributed by atoms with van der Waals surface area (Å²) in [5.74, 6) is -8.48. The molecule has 6 N–H and O–H groups in total. The van der Waals surface area contributed by atoms with Crippen molar-refractivity contribution in [2.24, 2.45) is 28.8 Å². The summed E-state index contributed by atoms with van der Waals surface area (Å²) in [6.07, 6.45) is 4.90. The zero-order valence-electron chi connectivity index (χ0n) is 43.6. The van der Waals surface area contributed by atoms with Crippen molar-refractivity contribution in [3.05, 3.63) is 88.2 Å². The molecule has 16 nitrogen and oxygen atoms in total. The third-order valence-electron chi connectivity index (χ3n) is 14.5. The molecule has 0 aliphatic carbocycles. The van der Waals surface area contributed by atoms with Gasteiger partial charge in [0.15, 0.2) is 5.75 Å². The number of hydrogen-bond donors (Lipinski definition) is 6. The Morgan fingerprint density at radius 3 is 2.13 bits per heavy atom. The minimum absolute atomic E-state index is 0.0408. The van der Waals surface area contributed by atoms with Gasteiger partial charge in [0, 0.05) is 80.8 Å². The molecule has 11 atom stereocenters. The number of hydrazone groups is 1. The van der Waals surface area contributed by atoms with Gasteiger partial charge < -0.3 is 49.8 Å². The molecule has 7 rings (SSSR count). The van der Waals surface area contributed by atoms with Gasteiger partial charge in [-0.3, -0.25) is 24.3 Å². The number of ether oxygens (including phenoxy) is 4. The maximum absolute atomic E-state index is 14.7. The number of anilines is 1. The lowest BCUT2D eigenvalue weighted by molar-refractivity contribution is -0.160. The van der Waals surface area contributed by atoms with Gasteiger partial charge in [-0.05, 0) is 50.3 Å². The predicted molar refractivity (Wildman–Crippen MR) is 273 cm³/mol. The van der Waals surface area contributed by atoms with Crippen LogP contribution in [0.25, 0.3) is 10.8 Å². The van der Waals surface area contributed by atoms with E-state index < -0.39 is 88.8 Å². The highest BCUT2D eigenvalue weighted by Crippen LogP contribution is 2.55. The normalized spacial score (nSPS) is 29.4. The zero-order valence-corrected chi connectivity index (χ0v) is 43.6. The Bertz CT molecular complexity index is 2610. The Labute approximate surface area is 417 Å². The number of carbonyl (C=O) groups is 3. The number of esters is 1. The maximum atomic E-state index is 14.7. The van der Waals surface area contributed by atoms with Crippen LogP contribution in [-0.4, -0.2) is 122 Å². The highest BCUT2D eigenvalue weighted by molar-refractivity contribution is 6.23. The second-order valence-electron chi connectivity index (χ2n) is 21.1. The molecule has 4 aliphatic heterocycles. The number of nitrogens with one attached hydrogen (secondary N) is 1. The standard InChI is InChI=1S/C55H74N4O12/c1-28-16-15-17-29(2)53(67)57-44-39(24-56-59-30(3)25-58(26-31(59)4)27-37-18-20-38(21-19-37)54(10,11)12)48(64)41-42(49(44)65)47(63)35(8)51-43(41)52(66)55(13,71-51)69-23-22-40(68-14)32(5)50(70-36(9)60)34(7)46(62)33(6)45(28)61/h15-24,28,30-34,40,45-46,50,61-65H,25-27H2,1-14H3,(H,57,67)/t28-,30-,31+,32+,33-,34-,40+,45-,46-,50-,55-/m0/s1. The molecule has 16 heteroatoms. The van der Waals surface area contributed by atoms with Crippen LogP contribution in [-0.2, 0) is 35.8 Å². The van der Waals surface area contributed by atoms with Crippen molar-refractivity contribution in [1.29, 1.82) is 0 Å². The molecule has 386 valence electrons. The summed E-state index contributed by atoms with van der Waals surface area (Å²) in [4.78, 5) is 43.6. The lowest BCUT2D eigenvalue weighted by Gasteiger charge is -2.43. The number of ketones is 1. The monoisotopic (exact) mass is 983 g/mol. The van der Waals surface area contributed by atoms with E-state index in [4.69, 9.17) is 24.0 Å². The zero-order chi connectivity index (χ0) is 52.6. The Morgan fingerprint density at radius 1 is 0.901 bits per heavy atom. The molecule has 4 heterocycles. The lowest BCUT2D eigenvalue weighted by atomic mass is 9.78. The number of aromatic hydroxyl groups is 3. The van der Waals surface area contributed by atoms with Gasteiger partial charge in [-0.25, -0.2) is 0 Å².